The number of carbonyl (C=O) groups is 1. The van der Waals surface area contributed by atoms with Gasteiger partial charge in [0.1, 0.15) is 0 Å². The smallest absolute Gasteiger partial charge is 0.225 e. The van der Waals surface area contributed by atoms with Gasteiger partial charge in [0, 0.05) is 49.8 Å². The fourth-order valence-electron chi connectivity index (χ4n) is 3.66. The Bertz CT molecular complexity index is 457. The average Bonchev–Trinajstić information content (AvgIpc) is 3.17. The Morgan fingerprint density at radius 2 is 1.95 bits per heavy atom. The first kappa shape index (κ1) is 13.6. The predicted octanol–water partition coefficient (Wildman–Crippen LogP) is 1.81. The van der Waals surface area contributed by atoms with E-state index in [0.717, 1.165) is 19.4 Å². The van der Waals surface area contributed by atoms with Crippen molar-refractivity contribution in [2.24, 2.45) is 11.8 Å². The zero-order valence-electron chi connectivity index (χ0n) is 11.7. The van der Waals surface area contributed by atoms with Crippen LogP contribution in [0, 0.1) is 11.8 Å². The van der Waals surface area contributed by atoms with Crippen molar-refractivity contribution in [2.45, 2.75) is 31.6 Å². The van der Waals surface area contributed by atoms with Gasteiger partial charge in [-0.2, -0.15) is 0 Å². The van der Waals surface area contributed by atoms with Gasteiger partial charge in [0.15, 0.2) is 0 Å². The van der Waals surface area contributed by atoms with E-state index in [1.165, 1.54) is 18.4 Å². The van der Waals surface area contributed by atoms with Crippen molar-refractivity contribution in [2.75, 3.05) is 19.7 Å². The van der Waals surface area contributed by atoms with Crippen LogP contribution in [-0.4, -0.2) is 40.6 Å². The van der Waals surface area contributed by atoms with Crippen molar-refractivity contribution in [1.82, 2.24) is 9.88 Å². The van der Waals surface area contributed by atoms with Gasteiger partial charge in [0.05, 0.1) is 0 Å². The number of aliphatic hydroxyl groups excluding tert-OH is 1. The Kier molecular flexibility index (Phi) is 4.01. The Balaban J connectivity index is 1.72. The zero-order valence-corrected chi connectivity index (χ0v) is 11.7. The van der Waals surface area contributed by atoms with Crippen molar-refractivity contribution in [3.8, 4) is 0 Å². The molecule has 1 aromatic rings. The molecule has 0 aromatic carbocycles. The normalized spacial score (nSPS) is 27.1. The van der Waals surface area contributed by atoms with Gasteiger partial charge in [-0.15, -0.1) is 0 Å². The number of amides is 1. The number of pyridine rings is 1. The SMILES string of the molecule is O=C(C1CCCC1)N1C[C@@H](CO)[C@H](c2ccncc2)C1. The number of aromatic nitrogens is 1. The topological polar surface area (TPSA) is 53.4 Å². The minimum Gasteiger partial charge on any atom is -0.396 e. The zero-order chi connectivity index (χ0) is 13.9. The van der Waals surface area contributed by atoms with Crippen LogP contribution in [0.15, 0.2) is 24.5 Å². The summed E-state index contributed by atoms with van der Waals surface area (Å²) in [5.74, 6) is 0.930. The Labute approximate surface area is 119 Å². The van der Waals surface area contributed by atoms with Gasteiger partial charge in [-0.05, 0) is 30.5 Å². The highest BCUT2D eigenvalue weighted by Crippen LogP contribution is 2.35. The fourth-order valence-corrected chi connectivity index (χ4v) is 3.66. The Hall–Kier alpha value is -1.42. The second-order valence-electron chi connectivity index (χ2n) is 6.05. The summed E-state index contributed by atoms with van der Waals surface area (Å²) in [5, 5.41) is 9.61. The van der Waals surface area contributed by atoms with Crippen LogP contribution >= 0.6 is 0 Å². The van der Waals surface area contributed by atoms with Gasteiger partial charge >= 0.3 is 0 Å². The highest BCUT2D eigenvalue weighted by Gasteiger charge is 2.38. The molecule has 2 heterocycles. The second-order valence-corrected chi connectivity index (χ2v) is 6.05. The number of carbonyl (C=O) groups excluding carboxylic acids is 1. The number of hydrogen-bond acceptors (Lipinski definition) is 3. The monoisotopic (exact) mass is 274 g/mol. The van der Waals surface area contributed by atoms with Crippen LogP contribution in [0.1, 0.15) is 37.2 Å². The first-order valence-electron chi connectivity index (χ1n) is 7.59. The first-order chi connectivity index (χ1) is 9.79. The van der Waals surface area contributed by atoms with E-state index in [0.29, 0.717) is 12.5 Å². The molecule has 4 heteroatoms. The lowest BCUT2D eigenvalue weighted by atomic mass is 9.90. The van der Waals surface area contributed by atoms with Crippen molar-refractivity contribution in [3.05, 3.63) is 30.1 Å². The van der Waals surface area contributed by atoms with Gasteiger partial charge in [-0.1, -0.05) is 12.8 Å². The molecule has 20 heavy (non-hydrogen) atoms. The minimum absolute atomic E-state index is 0.140. The molecule has 3 rings (SSSR count). The lowest BCUT2D eigenvalue weighted by Crippen LogP contribution is -2.33. The summed E-state index contributed by atoms with van der Waals surface area (Å²) in [4.78, 5) is 18.5. The van der Waals surface area contributed by atoms with E-state index in [1.807, 2.05) is 17.0 Å². The standard InChI is InChI=1S/C16H22N2O2/c19-11-14-9-18(16(20)13-3-1-2-4-13)10-15(14)12-5-7-17-8-6-12/h5-8,13-15,19H,1-4,9-11H2/t14-,15-/m0/s1. The van der Waals surface area contributed by atoms with E-state index in [1.54, 1.807) is 12.4 Å². The molecule has 1 saturated heterocycles. The number of hydrogen-bond donors (Lipinski definition) is 1. The van der Waals surface area contributed by atoms with Crippen LogP contribution in [0.5, 0.6) is 0 Å². The molecule has 0 bridgehead atoms. The third kappa shape index (κ3) is 2.57. The summed E-state index contributed by atoms with van der Waals surface area (Å²) in [5.41, 5.74) is 1.18. The third-order valence-electron chi connectivity index (χ3n) is 4.83. The van der Waals surface area contributed by atoms with Crippen molar-refractivity contribution in [3.63, 3.8) is 0 Å². The lowest BCUT2D eigenvalue weighted by molar-refractivity contribution is -0.134. The van der Waals surface area contributed by atoms with Gasteiger partial charge in [-0.3, -0.25) is 9.78 Å². The van der Waals surface area contributed by atoms with Crippen LogP contribution in [0.4, 0.5) is 0 Å². The van der Waals surface area contributed by atoms with Crippen LogP contribution < -0.4 is 0 Å². The van der Waals surface area contributed by atoms with E-state index in [-0.39, 0.29) is 24.4 Å². The molecule has 1 N–H and O–H groups in total. The maximum absolute atomic E-state index is 12.5. The third-order valence-corrected chi connectivity index (χ3v) is 4.83. The molecule has 0 radical (unpaired) electrons. The molecule has 1 amide bonds. The van der Waals surface area contributed by atoms with E-state index < -0.39 is 0 Å². The second kappa shape index (κ2) is 5.92. The number of nitrogens with zero attached hydrogens (tertiary/aromatic N) is 2. The largest absolute Gasteiger partial charge is 0.396 e. The fraction of sp³-hybridized carbons (Fsp3) is 0.625. The van der Waals surface area contributed by atoms with Crippen LogP contribution in [0.2, 0.25) is 0 Å². The van der Waals surface area contributed by atoms with Crippen molar-refractivity contribution < 1.29 is 9.90 Å². The molecular formula is C16H22N2O2. The maximum atomic E-state index is 12.5. The summed E-state index contributed by atoms with van der Waals surface area (Å²) >= 11 is 0. The predicted molar refractivity (Wildman–Crippen MR) is 76.1 cm³/mol. The molecule has 4 nitrogen and oxygen atoms in total. The van der Waals surface area contributed by atoms with Crippen LogP contribution in [-0.2, 0) is 4.79 Å². The van der Waals surface area contributed by atoms with E-state index in [4.69, 9.17) is 0 Å². The molecule has 2 fully saturated rings. The van der Waals surface area contributed by atoms with E-state index in [9.17, 15) is 9.90 Å². The minimum atomic E-state index is 0.140. The number of aliphatic hydroxyl groups is 1. The molecule has 108 valence electrons. The van der Waals surface area contributed by atoms with Crippen LogP contribution in [0.25, 0.3) is 0 Å². The van der Waals surface area contributed by atoms with Gasteiger partial charge in [0.2, 0.25) is 5.91 Å². The van der Waals surface area contributed by atoms with Crippen LogP contribution in [0.3, 0.4) is 0 Å². The summed E-state index contributed by atoms with van der Waals surface area (Å²) in [6, 6.07) is 3.99. The average molecular weight is 274 g/mol. The molecule has 0 spiro atoms. The number of likely N-dealkylation sites (tertiary alicyclic amines) is 1. The molecular weight excluding hydrogens is 252 g/mol. The highest BCUT2D eigenvalue weighted by atomic mass is 16.3. The summed E-state index contributed by atoms with van der Waals surface area (Å²) in [6.45, 7) is 1.57. The Morgan fingerprint density at radius 3 is 2.60 bits per heavy atom. The summed E-state index contributed by atoms with van der Waals surface area (Å²) in [6.07, 6.45) is 8.01. The molecule has 1 saturated carbocycles. The molecule has 2 aliphatic rings. The summed E-state index contributed by atoms with van der Waals surface area (Å²) < 4.78 is 0. The van der Waals surface area contributed by atoms with Crippen molar-refractivity contribution >= 4 is 5.91 Å². The quantitative estimate of drug-likeness (QED) is 0.914. The molecule has 1 aliphatic carbocycles. The first-order valence-corrected chi connectivity index (χ1v) is 7.59. The van der Waals surface area contributed by atoms with Gasteiger partial charge < -0.3 is 10.0 Å². The maximum Gasteiger partial charge on any atom is 0.225 e. The molecule has 1 aromatic heterocycles. The molecule has 1 aliphatic heterocycles. The van der Waals surface area contributed by atoms with Crippen molar-refractivity contribution in [1.29, 1.82) is 0 Å². The van der Waals surface area contributed by atoms with E-state index >= 15 is 0 Å². The van der Waals surface area contributed by atoms with Gasteiger partial charge in [-0.25, -0.2) is 0 Å². The highest BCUT2D eigenvalue weighted by molar-refractivity contribution is 5.79. The molecule has 0 unspecified atom stereocenters. The summed E-state index contributed by atoms with van der Waals surface area (Å²) in [7, 11) is 0. The van der Waals surface area contributed by atoms with Gasteiger partial charge in [0.25, 0.3) is 0 Å². The lowest BCUT2D eigenvalue weighted by Gasteiger charge is -2.20. The van der Waals surface area contributed by atoms with E-state index in [2.05, 4.69) is 4.98 Å². The molecule has 2 atom stereocenters. The Morgan fingerprint density at radius 1 is 1.25 bits per heavy atom. The number of rotatable bonds is 3.